The average Bonchev–Trinajstić information content (AvgIpc) is 2.27. The van der Waals surface area contributed by atoms with Crippen LogP contribution in [0.2, 0.25) is 0 Å². The van der Waals surface area contributed by atoms with Crippen LogP contribution in [0.4, 0.5) is 5.82 Å². The van der Waals surface area contributed by atoms with Crippen molar-refractivity contribution in [1.29, 1.82) is 0 Å². The van der Waals surface area contributed by atoms with E-state index in [2.05, 4.69) is 15.7 Å². The molecule has 2 heterocycles. The number of carbonyl (C=O) groups is 1. The monoisotopic (exact) mass is 192 g/mol. The molecule has 0 atom stereocenters. The molecule has 5 nitrogen and oxygen atoms in total. The van der Waals surface area contributed by atoms with Crippen molar-refractivity contribution >= 4 is 11.7 Å². The fraction of sp³-hybridized carbons (Fsp3) is 0.333. The standard InChI is InChI=1S/C9H12N4O/c10-13-9(14)7-3-5-12-8-6(7)2-1-4-11-8/h3,5H,1-2,4,10H2,(H,11,12)(H,13,14). The Hall–Kier alpha value is -1.62. The number of amides is 1. The topological polar surface area (TPSA) is 80.0 Å². The molecule has 74 valence electrons. The highest BCUT2D eigenvalue weighted by Gasteiger charge is 2.17. The third kappa shape index (κ3) is 1.42. The van der Waals surface area contributed by atoms with Crippen molar-refractivity contribution < 1.29 is 4.79 Å². The Morgan fingerprint density at radius 1 is 1.64 bits per heavy atom. The Kier molecular flexibility index (Phi) is 2.32. The molecular formula is C9H12N4O. The second-order valence-corrected chi connectivity index (χ2v) is 3.19. The number of nitrogens with two attached hydrogens (primary N) is 1. The summed E-state index contributed by atoms with van der Waals surface area (Å²) < 4.78 is 0. The fourth-order valence-corrected chi connectivity index (χ4v) is 1.66. The van der Waals surface area contributed by atoms with Gasteiger partial charge in [0.05, 0.1) is 0 Å². The van der Waals surface area contributed by atoms with Gasteiger partial charge in [-0.1, -0.05) is 0 Å². The number of nitrogens with zero attached hydrogens (tertiary/aromatic N) is 1. The Labute approximate surface area is 81.7 Å². The number of hydrazine groups is 1. The number of fused-ring (bicyclic) bond motifs is 1. The molecule has 1 aromatic rings. The third-order valence-electron chi connectivity index (χ3n) is 2.33. The summed E-state index contributed by atoms with van der Waals surface area (Å²) >= 11 is 0. The van der Waals surface area contributed by atoms with E-state index in [-0.39, 0.29) is 5.91 Å². The maximum absolute atomic E-state index is 11.4. The molecule has 1 aromatic heterocycles. The van der Waals surface area contributed by atoms with E-state index in [0.29, 0.717) is 5.56 Å². The molecule has 0 saturated carbocycles. The van der Waals surface area contributed by atoms with Crippen molar-refractivity contribution in [3.05, 3.63) is 23.4 Å². The zero-order valence-electron chi connectivity index (χ0n) is 7.71. The van der Waals surface area contributed by atoms with Crippen molar-refractivity contribution in [2.75, 3.05) is 11.9 Å². The molecule has 4 N–H and O–H groups in total. The van der Waals surface area contributed by atoms with Gasteiger partial charge in [0.15, 0.2) is 0 Å². The normalized spacial score (nSPS) is 14.1. The van der Waals surface area contributed by atoms with Crippen LogP contribution in [-0.4, -0.2) is 17.4 Å². The quantitative estimate of drug-likeness (QED) is 0.333. The van der Waals surface area contributed by atoms with E-state index in [1.165, 1.54) is 0 Å². The van der Waals surface area contributed by atoms with Gasteiger partial charge < -0.3 is 5.32 Å². The summed E-state index contributed by atoms with van der Waals surface area (Å²) in [6.45, 7) is 0.910. The number of pyridine rings is 1. The molecule has 1 aliphatic rings. The van der Waals surface area contributed by atoms with Crippen molar-refractivity contribution in [3.63, 3.8) is 0 Å². The summed E-state index contributed by atoms with van der Waals surface area (Å²) in [7, 11) is 0. The van der Waals surface area contributed by atoms with Gasteiger partial charge >= 0.3 is 0 Å². The lowest BCUT2D eigenvalue weighted by molar-refractivity contribution is 0.0952. The molecule has 1 aliphatic heterocycles. The highest BCUT2D eigenvalue weighted by atomic mass is 16.2. The average molecular weight is 192 g/mol. The first-order chi connectivity index (χ1) is 6.83. The smallest absolute Gasteiger partial charge is 0.265 e. The highest BCUT2D eigenvalue weighted by molar-refractivity contribution is 5.96. The second-order valence-electron chi connectivity index (χ2n) is 3.19. The summed E-state index contributed by atoms with van der Waals surface area (Å²) in [6, 6.07) is 1.69. The highest BCUT2D eigenvalue weighted by Crippen LogP contribution is 2.22. The van der Waals surface area contributed by atoms with Gasteiger partial charge in [-0.2, -0.15) is 0 Å². The molecule has 0 unspecified atom stereocenters. The zero-order chi connectivity index (χ0) is 9.97. The van der Waals surface area contributed by atoms with E-state index in [1.807, 2.05) is 0 Å². The minimum atomic E-state index is -0.257. The molecule has 0 spiro atoms. The number of nitrogens with one attached hydrogen (secondary N) is 2. The lowest BCUT2D eigenvalue weighted by Crippen LogP contribution is -2.31. The number of aromatic nitrogens is 1. The lowest BCUT2D eigenvalue weighted by Gasteiger charge is -2.18. The first-order valence-electron chi connectivity index (χ1n) is 4.55. The predicted octanol–water partition coefficient (Wildman–Crippen LogP) is 0.0432. The Balaban J connectivity index is 2.45. The van der Waals surface area contributed by atoms with Crippen LogP contribution in [0.3, 0.4) is 0 Å². The molecule has 0 aromatic carbocycles. The van der Waals surface area contributed by atoms with Gasteiger partial charge in [0.25, 0.3) is 5.91 Å². The van der Waals surface area contributed by atoms with Crippen LogP contribution in [-0.2, 0) is 6.42 Å². The molecule has 1 amide bonds. The SMILES string of the molecule is NNC(=O)c1ccnc2c1CCCN2. The molecule has 0 bridgehead atoms. The number of rotatable bonds is 1. The molecule has 0 fully saturated rings. The predicted molar refractivity (Wildman–Crippen MR) is 52.7 cm³/mol. The number of nitrogen functional groups attached to an aromatic ring is 1. The maximum Gasteiger partial charge on any atom is 0.265 e. The minimum Gasteiger partial charge on any atom is -0.370 e. The first-order valence-corrected chi connectivity index (χ1v) is 4.55. The minimum absolute atomic E-state index is 0.257. The van der Waals surface area contributed by atoms with Crippen LogP contribution >= 0.6 is 0 Å². The number of hydrogen-bond donors (Lipinski definition) is 3. The number of hydrogen-bond acceptors (Lipinski definition) is 4. The van der Waals surface area contributed by atoms with Crippen LogP contribution in [0.5, 0.6) is 0 Å². The lowest BCUT2D eigenvalue weighted by atomic mass is 10.0. The Morgan fingerprint density at radius 2 is 2.50 bits per heavy atom. The third-order valence-corrected chi connectivity index (χ3v) is 2.33. The van der Waals surface area contributed by atoms with Crippen LogP contribution in [0.15, 0.2) is 12.3 Å². The second kappa shape index (κ2) is 3.63. The van der Waals surface area contributed by atoms with Gasteiger partial charge in [-0.15, -0.1) is 0 Å². The Bertz CT molecular complexity index is 364. The van der Waals surface area contributed by atoms with Crippen LogP contribution in [0.25, 0.3) is 0 Å². The molecule has 0 saturated heterocycles. The molecule has 14 heavy (non-hydrogen) atoms. The van der Waals surface area contributed by atoms with Crippen molar-refractivity contribution in [1.82, 2.24) is 10.4 Å². The zero-order valence-corrected chi connectivity index (χ0v) is 7.71. The van der Waals surface area contributed by atoms with E-state index in [4.69, 9.17) is 5.84 Å². The fourth-order valence-electron chi connectivity index (χ4n) is 1.66. The first kappa shape index (κ1) is 8.96. The van der Waals surface area contributed by atoms with Gasteiger partial charge in [-0.25, -0.2) is 10.8 Å². The number of carbonyl (C=O) groups excluding carboxylic acids is 1. The van der Waals surface area contributed by atoms with E-state index >= 15 is 0 Å². The van der Waals surface area contributed by atoms with E-state index in [0.717, 1.165) is 30.8 Å². The summed E-state index contributed by atoms with van der Waals surface area (Å²) in [5.74, 6) is 5.64. The summed E-state index contributed by atoms with van der Waals surface area (Å²) in [4.78, 5) is 15.6. The van der Waals surface area contributed by atoms with Crippen LogP contribution in [0, 0.1) is 0 Å². The molecule has 0 radical (unpaired) electrons. The van der Waals surface area contributed by atoms with Crippen molar-refractivity contribution in [2.45, 2.75) is 12.8 Å². The molecule has 5 heteroatoms. The Morgan fingerprint density at radius 3 is 3.29 bits per heavy atom. The maximum atomic E-state index is 11.4. The molecule has 2 rings (SSSR count). The van der Waals surface area contributed by atoms with Gasteiger partial charge in [-0.3, -0.25) is 10.2 Å². The van der Waals surface area contributed by atoms with Gasteiger partial charge in [0.1, 0.15) is 5.82 Å². The van der Waals surface area contributed by atoms with Crippen LogP contribution in [0.1, 0.15) is 22.3 Å². The van der Waals surface area contributed by atoms with Crippen LogP contribution < -0.4 is 16.6 Å². The summed E-state index contributed by atoms with van der Waals surface area (Å²) in [6.07, 6.45) is 3.50. The summed E-state index contributed by atoms with van der Waals surface area (Å²) in [5, 5.41) is 3.15. The molecule has 0 aliphatic carbocycles. The van der Waals surface area contributed by atoms with Gasteiger partial charge in [-0.05, 0) is 18.9 Å². The van der Waals surface area contributed by atoms with Crippen molar-refractivity contribution in [2.24, 2.45) is 5.84 Å². The van der Waals surface area contributed by atoms with E-state index in [9.17, 15) is 4.79 Å². The largest absolute Gasteiger partial charge is 0.370 e. The van der Waals surface area contributed by atoms with Gasteiger partial charge in [0, 0.05) is 23.9 Å². The van der Waals surface area contributed by atoms with Gasteiger partial charge in [0.2, 0.25) is 0 Å². The van der Waals surface area contributed by atoms with E-state index in [1.54, 1.807) is 12.3 Å². The summed E-state index contributed by atoms with van der Waals surface area (Å²) in [5.41, 5.74) is 3.71. The number of anilines is 1. The van der Waals surface area contributed by atoms with E-state index < -0.39 is 0 Å². The van der Waals surface area contributed by atoms with Crippen molar-refractivity contribution in [3.8, 4) is 0 Å². The molecular weight excluding hydrogens is 180 g/mol.